The van der Waals surface area contributed by atoms with Crippen LogP contribution in [0.25, 0.3) is 0 Å². The smallest absolute Gasteiger partial charge is 0.258 e. The monoisotopic (exact) mass is 480 g/mol. The first-order valence-corrected chi connectivity index (χ1v) is 11.8. The predicted octanol–water partition coefficient (Wildman–Crippen LogP) is 3.80. The highest BCUT2D eigenvalue weighted by Gasteiger charge is 2.27. The largest absolute Gasteiger partial charge is 0.484 e. The van der Waals surface area contributed by atoms with Crippen LogP contribution in [0.15, 0.2) is 51.8 Å². The number of hydrogen-bond acceptors (Lipinski definition) is 4. The zero-order valence-corrected chi connectivity index (χ0v) is 18.9. The zero-order valence-electron chi connectivity index (χ0n) is 16.5. The van der Waals surface area contributed by atoms with E-state index in [2.05, 4.69) is 21.2 Å². The Kier molecular flexibility index (Phi) is 6.97. The molecule has 0 aliphatic carbocycles. The minimum atomic E-state index is -3.46. The van der Waals surface area contributed by atoms with E-state index in [4.69, 9.17) is 4.74 Å². The Hall–Kier alpha value is -1.90. The number of nitrogens with one attached hydrogen (secondary N) is 1. The summed E-state index contributed by atoms with van der Waals surface area (Å²) in [6.07, 6.45) is 1.79. The molecule has 2 aromatic rings. The zero-order chi connectivity index (χ0) is 21.0. The molecule has 29 heavy (non-hydrogen) atoms. The summed E-state index contributed by atoms with van der Waals surface area (Å²) in [4.78, 5) is 12.5. The molecule has 6 nitrogen and oxygen atoms in total. The van der Waals surface area contributed by atoms with Crippen molar-refractivity contribution in [1.82, 2.24) is 9.62 Å². The average Bonchev–Trinajstić information content (AvgIpc) is 3.22. The number of hydrogen-bond donors (Lipinski definition) is 1. The van der Waals surface area contributed by atoms with Gasteiger partial charge in [0, 0.05) is 17.6 Å². The summed E-state index contributed by atoms with van der Waals surface area (Å²) in [6, 6.07) is 12.3. The number of benzene rings is 2. The minimum Gasteiger partial charge on any atom is -0.484 e. The van der Waals surface area contributed by atoms with E-state index in [-0.39, 0.29) is 23.5 Å². The molecule has 2 aromatic carbocycles. The Labute approximate surface area is 180 Å². The molecule has 0 saturated carbocycles. The van der Waals surface area contributed by atoms with Crippen LogP contribution in [0.1, 0.15) is 36.9 Å². The lowest BCUT2D eigenvalue weighted by atomic mass is 10.1. The Morgan fingerprint density at radius 1 is 1.21 bits per heavy atom. The Morgan fingerprint density at radius 2 is 1.93 bits per heavy atom. The second-order valence-corrected chi connectivity index (χ2v) is 10.0. The fourth-order valence-electron chi connectivity index (χ4n) is 3.31. The van der Waals surface area contributed by atoms with Crippen molar-refractivity contribution in [3.05, 3.63) is 58.1 Å². The van der Waals surface area contributed by atoms with Crippen LogP contribution in [-0.4, -0.2) is 38.3 Å². The molecular formula is C21H25BrN2O4S. The number of sulfonamides is 1. The summed E-state index contributed by atoms with van der Waals surface area (Å²) in [5.74, 6) is 0.251. The fourth-order valence-corrected chi connectivity index (χ4v) is 5.33. The molecule has 1 aliphatic rings. The number of nitrogens with zero attached hydrogens (tertiary/aromatic N) is 1. The van der Waals surface area contributed by atoms with Gasteiger partial charge in [0.15, 0.2) is 6.61 Å². The number of amides is 1. The maximum Gasteiger partial charge on any atom is 0.258 e. The minimum absolute atomic E-state index is 0.141. The third-order valence-electron chi connectivity index (χ3n) is 4.93. The Morgan fingerprint density at radius 3 is 2.59 bits per heavy atom. The quantitative estimate of drug-likeness (QED) is 0.653. The van der Waals surface area contributed by atoms with Gasteiger partial charge in [0.05, 0.1) is 10.9 Å². The predicted molar refractivity (Wildman–Crippen MR) is 115 cm³/mol. The molecule has 1 atom stereocenters. The highest BCUT2D eigenvalue weighted by atomic mass is 79.9. The van der Waals surface area contributed by atoms with Crippen LogP contribution in [0.5, 0.6) is 5.75 Å². The van der Waals surface area contributed by atoms with Gasteiger partial charge < -0.3 is 10.1 Å². The van der Waals surface area contributed by atoms with E-state index in [1.807, 2.05) is 31.2 Å². The molecule has 0 spiro atoms. The highest BCUT2D eigenvalue weighted by molar-refractivity contribution is 9.10. The molecule has 1 N–H and O–H groups in total. The van der Waals surface area contributed by atoms with Crippen molar-refractivity contribution >= 4 is 31.9 Å². The van der Waals surface area contributed by atoms with E-state index in [1.54, 1.807) is 19.1 Å². The number of carbonyl (C=O) groups excluding carboxylic acids is 1. The van der Waals surface area contributed by atoms with E-state index >= 15 is 0 Å². The first kappa shape index (κ1) is 21.8. The molecule has 1 amide bonds. The molecule has 8 heteroatoms. The van der Waals surface area contributed by atoms with Crippen molar-refractivity contribution in [2.45, 2.75) is 37.6 Å². The summed E-state index contributed by atoms with van der Waals surface area (Å²) in [5.41, 5.74) is 1.67. The number of aryl methyl sites for hydroxylation is 1. The molecule has 1 fully saturated rings. The van der Waals surface area contributed by atoms with E-state index in [9.17, 15) is 13.2 Å². The maximum absolute atomic E-state index is 12.7. The van der Waals surface area contributed by atoms with Crippen LogP contribution in [-0.2, 0) is 14.8 Å². The highest BCUT2D eigenvalue weighted by Crippen LogP contribution is 2.26. The van der Waals surface area contributed by atoms with Crippen LogP contribution in [0.4, 0.5) is 0 Å². The summed E-state index contributed by atoms with van der Waals surface area (Å²) in [6.45, 7) is 4.67. The van der Waals surface area contributed by atoms with Gasteiger partial charge >= 0.3 is 0 Å². The number of carbonyl (C=O) groups is 1. The van der Waals surface area contributed by atoms with Crippen molar-refractivity contribution in [2.24, 2.45) is 0 Å². The molecule has 156 valence electrons. The van der Waals surface area contributed by atoms with Crippen LogP contribution in [0, 0.1) is 6.92 Å². The van der Waals surface area contributed by atoms with Crippen molar-refractivity contribution < 1.29 is 17.9 Å². The van der Waals surface area contributed by atoms with Gasteiger partial charge in [-0.15, -0.1) is 0 Å². The van der Waals surface area contributed by atoms with Gasteiger partial charge in [-0.1, -0.05) is 28.1 Å². The molecule has 1 saturated heterocycles. The van der Waals surface area contributed by atoms with Crippen molar-refractivity contribution in [3.63, 3.8) is 0 Å². The van der Waals surface area contributed by atoms with Crippen LogP contribution < -0.4 is 10.1 Å². The SMILES string of the molecule is Cc1cc(S(=O)(=O)N2CCCC2)ccc1OCC(=O)N[C@H](C)c1cccc(Br)c1. The van der Waals surface area contributed by atoms with Gasteiger partial charge in [-0.25, -0.2) is 8.42 Å². The number of ether oxygens (including phenoxy) is 1. The van der Waals surface area contributed by atoms with Crippen LogP contribution in [0.2, 0.25) is 0 Å². The molecular weight excluding hydrogens is 456 g/mol. The molecule has 1 heterocycles. The van der Waals surface area contributed by atoms with E-state index in [0.29, 0.717) is 24.4 Å². The second kappa shape index (κ2) is 9.28. The summed E-state index contributed by atoms with van der Waals surface area (Å²) in [5, 5.41) is 2.90. The van der Waals surface area contributed by atoms with Crippen LogP contribution >= 0.6 is 15.9 Å². The Balaban J connectivity index is 1.60. The lowest BCUT2D eigenvalue weighted by molar-refractivity contribution is -0.123. The van der Waals surface area contributed by atoms with E-state index < -0.39 is 10.0 Å². The van der Waals surface area contributed by atoms with Gasteiger partial charge in [-0.05, 0) is 68.1 Å². The summed E-state index contributed by atoms with van der Waals surface area (Å²) in [7, 11) is -3.46. The van der Waals surface area contributed by atoms with E-state index in [0.717, 1.165) is 22.9 Å². The lowest BCUT2D eigenvalue weighted by Gasteiger charge is -2.17. The van der Waals surface area contributed by atoms with Crippen molar-refractivity contribution in [3.8, 4) is 5.75 Å². The first-order chi connectivity index (χ1) is 13.8. The van der Waals surface area contributed by atoms with Crippen LogP contribution in [0.3, 0.4) is 0 Å². The van der Waals surface area contributed by atoms with Gasteiger partial charge in [0.25, 0.3) is 5.91 Å². The standard InChI is InChI=1S/C21H25BrN2O4S/c1-15-12-19(29(26,27)24-10-3-4-11-24)8-9-20(15)28-14-21(25)23-16(2)17-6-5-7-18(22)13-17/h5-9,12-13,16H,3-4,10-11,14H2,1-2H3,(H,23,25)/t16-/m1/s1. The Bertz CT molecular complexity index is 988. The van der Waals surface area contributed by atoms with Gasteiger partial charge in [-0.2, -0.15) is 4.31 Å². The maximum atomic E-state index is 12.7. The summed E-state index contributed by atoms with van der Waals surface area (Å²) < 4.78 is 33.4. The topological polar surface area (TPSA) is 75.7 Å². The fraction of sp³-hybridized carbons (Fsp3) is 0.381. The van der Waals surface area contributed by atoms with Gasteiger partial charge in [0.2, 0.25) is 10.0 Å². The third-order valence-corrected chi connectivity index (χ3v) is 7.32. The molecule has 0 radical (unpaired) electrons. The molecule has 0 bridgehead atoms. The molecule has 3 rings (SSSR count). The second-order valence-electron chi connectivity index (χ2n) is 7.17. The molecule has 0 unspecified atom stereocenters. The number of halogens is 1. The van der Waals surface area contributed by atoms with Gasteiger partial charge in [0.1, 0.15) is 5.75 Å². The van der Waals surface area contributed by atoms with Crippen molar-refractivity contribution in [2.75, 3.05) is 19.7 Å². The normalized spacial score (nSPS) is 15.8. The molecule has 0 aromatic heterocycles. The summed E-state index contributed by atoms with van der Waals surface area (Å²) >= 11 is 3.42. The van der Waals surface area contributed by atoms with Gasteiger partial charge in [-0.3, -0.25) is 4.79 Å². The third kappa shape index (κ3) is 5.38. The van der Waals surface area contributed by atoms with Crippen molar-refractivity contribution in [1.29, 1.82) is 0 Å². The average molecular weight is 481 g/mol. The molecule has 1 aliphatic heterocycles. The first-order valence-electron chi connectivity index (χ1n) is 9.56. The van der Waals surface area contributed by atoms with E-state index in [1.165, 1.54) is 10.4 Å². The lowest BCUT2D eigenvalue weighted by Crippen LogP contribution is -2.31. The number of rotatable bonds is 7.